The Kier molecular flexibility index (Phi) is 6.46. The lowest BCUT2D eigenvalue weighted by Crippen LogP contribution is -2.40. The van der Waals surface area contributed by atoms with Crippen molar-refractivity contribution in [1.29, 1.82) is 0 Å². The van der Waals surface area contributed by atoms with Gasteiger partial charge in [0.15, 0.2) is 0 Å². The zero-order valence-electron chi connectivity index (χ0n) is 11.3. The van der Waals surface area contributed by atoms with Crippen LogP contribution in [0.3, 0.4) is 0 Å². The van der Waals surface area contributed by atoms with Gasteiger partial charge < -0.3 is 5.73 Å². The predicted octanol–water partition coefficient (Wildman–Crippen LogP) is 2.55. The van der Waals surface area contributed by atoms with E-state index < -0.39 is 10.0 Å². The summed E-state index contributed by atoms with van der Waals surface area (Å²) in [5.74, 6) is 0. The van der Waals surface area contributed by atoms with Crippen LogP contribution in [0.2, 0.25) is 0 Å². The summed E-state index contributed by atoms with van der Waals surface area (Å²) in [5.41, 5.74) is 6.52. The molecule has 0 spiro atoms. The van der Waals surface area contributed by atoms with E-state index in [0.29, 0.717) is 6.54 Å². The fourth-order valence-electron chi connectivity index (χ4n) is 1.82. The van der Waals surface area contributed by atoms with E-state index in [-0.39, 0.29) is 10.9 Å². The maximum Gasteiger partial charge on any atom is 0.240 e. The highest BCUT2D eigenvalue weighted by Gasteiger charge is 2.19. The fourth-order valence-corrected chi connectivity index (χ4v) is 3.99. The molecule has 0 saturated heterocycles. The van der Waals surface area contributed by atoms with E-state index in [1.54, 1.807) is 12.1 Å². The Morgan fingerprint density at radius 1 is 1.37 bits per heavy atom. The van der Waals surface area contributed by atoms with Gasteiger partial charge >= 0.3 is 0 Å². The van der Waals surface area contributed by atoms with Crippen molar-refractivity contribution < 1.29 is 8.42 Å². The van der Waals surface area contributed by atoms with Crippen molar-refractivity contribution in [3.8, 4) is 0 Å². The molecule has 0 radical (unpaired) electrons. The van der Waals surface area contributed by atoms with Gasteiger partial charge in [0.05, 0.1) is 4.90 Å². The largest absolute Gasteiger partial charge is 0.329 e. The Morgan fingerprint density at radius 3 is 2.58 bits per heavy atom. The molecule has 0 fully saturated rings. The molecule has 0 aromatic heterocycles. The van der Waals surface area contributed by atoms with Crippen LogP contribution in [0, 0.1) is 6.92 Å². The number of hydrogen-bond acceptors (Lipinski definition) is 3. The standard InChI is InChI=1S/C13H21BrN2O2S/c1-3-4-5-12(9-15)16-19(17,18)13-7-10(2)6-11(14)8-13/h6-8,12,16H,3-5,9,15H2,1-2H3. The summed E-state index contributed by atoms with van der Waals surface area (Å²) in [6.45, 7) is 4.24. The molecule has 3 N–H and O–H groups in total. The number of halogens is 1. The average Bonchev–Trinajstić information content (AvgIpc) is 2.33. The second-order valence-electron chi connectivity index (χ2n) is 4.66. The van der Waals surface area contributed by atoms with Crippen LogP contribution >= 0.6 is 15.9 Å². The molecule has 0 aliphatic heterocycles. The zero-order chi connectivity index (χ0) is 14.5. The monoisotopic (exact) mass is 348 g/mol. The third-order valence-corrected chi connectivity index (χ3v) is 4.80. The summed E-state index contributed by atoms with van der Waals surface area (Å²) in [6.07, 6.45) is 2.75. The van der Waals surface area contributed by atoms with E-state index >= 15 is 0 Å². The molecule has 0 aliphatic carbocycles. The van der Waals surface area contributed by atoms with Crippen LogP contribution in [-0.2, 0) is 10.0 Å². The molecule has 1 atom stereocenters. The van der Waals surface area contributed by atoms with Crippen LogP contribution in [0.1, 0.15) is 31.7 Å². The second-order valence-corrected chi connectivity index (χ2v) is 7.29. The van der Waals surface area contributed by atoms with E-state index in [9.17, 15) is 8.42 Å². The number of aryl methyl sites for hydroxylation is 1. The number of nitrogens with two attached hydrogens (primary N) is 1. The smallest absolute Gasteiger partial charge is 0.240 e. The van der Waals surface area contributed by atoms with Gasteiger partial charge in [-0.15, -0.1) is 0 Å². The minimum Gasteiger partial charge on any atom is -0.329 e. The van der Waals surface area contributed by atoms with Crippen molar-refractivity contribution in [2.24, 2.45) is 5.73 Å². The van der Waals surface area contributed by atoms with Gasteiger partial charge in [0, 0.05) is 17.1 Å². The first-order valence-electron chi connectivity index (χ1n) is 6.38. The molecule has 4 nitrogen and oxygen atoms in total. The van der Waals surface area contributed by atoms with E-state index in [1.807, 2.05) is 13.0 Å². The van der Waals surface area contributed by atoms with Crippen LogP contribution in [-0.4, -0.2) is 21.0 Å². The Labute approximate surface area is 124 Å². The predicted molar refractivity (Wildman–Crippen MR) is 81.6 cm³/mol. The Balaban J connectivity index is 2.90. The molecule has 0 bridgehead atoms. The summed E-state index contributed by atoms with van der Waals surface area (Å²) in [4.78, 5) is 0.273. The van der Waals surface area contributed by atoms with Crippen LogP contribution < -0.4 is 10.5 Å². The number of unbranched alkanes of at least 4 members (excludes halogenated alkanes) is 1. The normalized spacial score (nSPS) is 13.5. The molecule has 108 valence electrons. The molecule has 0 heterocycles. The zero-order valence-corrected chi connectivity index (χ0v) is 13.7. The van der Waals surface area contributed by atoms with Crippen molar-refractivity contribution in [1.82, 2.24) is 4.72 Å². The Hall–Kier alpha value is -0.430. The molecule has 1 unspecified atom stereocenters. The summed E-state index contributed by atoms with van der Waals surface area (Å²) in [5, 5.41) is 0. The number of rotatable bonds is 7. The molecule has 6 heteroatoms. The van der Waals surface area contributed by atoms with Crippen LogP contribution in [0.15, 0.2) is 27.6 Å². The molecule has 0 saturated carbocycles. The number of sulfonamides is 1. The summed E-state index contributed by atoms with van der Waals surface area (Å²) >= 11 is 3.31. The summed E-state index contributed by atoms with van der Waals surface area (Å²) in [6, 6.07) is 4.92. The molecule has 0 aliphatic rings. The molecule has 0 amide bonds. The van der Waals surface area contributed by atoms with Crippen LogP contribution in [0.5, 0.6) is 0 Å². The lowest BCUT2D eigenvalue weighted by Gasteiger charge is -2.17. The number of benzene rings is 1. The third-order valence-electron chi connectivity index (χ3n) is 2.84. The molecular weight excluding hydrogens is 328 g/mol. The lowest BCUT2D eigenvalue weighted by atomic mass is 10.1. The summed E-state index contributed by atoms with van der Waals surface area (Å²) < 4.78 is 28.0. The van der Waals surface area contributed by atoms with Crippen molar-refractivity contribution in [3.05, 3.63) is 28.2 Å². The van der Waals surface area contributed by atoms with Gasteiger partial charge in [0.2, 0.25) is 10.0 Å². The van der Waals surface area contributed by atoms with Crippen LogP contribution in [0.4, 0.5) is 0 Å². The minimum atomic E-state index is -3.51. The molecular formula is C13H21BrN2O2S. The van der Waals surface area contributed by atoms with Crippen LogP contribution in [0.25, 0.3) is 0 Å². The highest BCUT2D eigenvalue weighted by atomic mass is 79.9. The molecule has 19 heavy (non-hydrogen) atoms. The quantitative estimate of drug-likeness (QED) is 0.795. The first-order chi connectivity index (χ1) is 8.89. The number of nitrogens with one attached hydrogen (secondary N) is 1. The van der Waals surface area contributed by atoms with Gasteiger partial charge in [-0.3, -0.25) is 0 Å². The maximum atomic E-state index is 12.3. The highest BCUT2D eigenvalue weighted by Crippen LogP contribution is 2.19. The van der Waals surface area contributed by atoms with Crippen molar-refractivity contribution in [2.75, 3.05) is 6.54 Å². The first kappa shape index (κ1) is 16.6. The van der Waals surface area contributed by atoms with Gasteiger partial charge in [0.25, 0.3) is 0 Å². The van der Waals surface area contributed by atoms with Gasteiger partial charge in [-0.2, -0.15) is 0 Å². The van der Waals surface area contributed by atoms with E-state index in [0.717, 1.165) is 29.3 Å². The van der Waals surface area contributed by atoms with Crippen molar-refractivity contribution in [3.63, 3.8) is 0 Å². The van der Waals surface area contributed by atoms with E-state index in [1.165, 1.54) is 0 Å². The van der Waals surface area contributed by atoms with Crippen molar-refractivity contribution >= 4 is 26.0 Å². The average molecular weight is 349 g/mol. The fraction of sp³-hybridized carbons (Fsp3) is 0.538. The second kappa shape index (κ2) is 7.38. The SMILES string of the molecule is CCCCC(CN)NS(=O)(=O)c1cc(C)cc(Br)c1. The van der Waals surface area contributed by atoms with E-state index in [2.05, 4.69) is 27.6 Å². The molecule has 1 aromatic rings. The molecule has 1 aromatic carbocycles. The third kappa shape index (κ3) is 5.22. The molecule has 1 rings (SSSR count). The van der Waals surface area contributed by atoms with Gasteiger partial charge in [-0.05, 0) is 37.1 Å². The van der Waals surface area contributed by atoms with E-state index in [4.69, 9.17) is 5.73 Å². The lowest BCUT2D eigenvalue weighted by molar-refractivity contribution is 0.516. The maximum absolute atomic E-state index is 12.3. The first-order valence-corrected chi connectivity index (χ1v) is 8.66. The van der Waals surface area contributed by atoms with Gasteiger partial charge in [-0.1, -0.05) is 35.7 Å². The van der Waals surface area contributed by atoms with Gasteiger partial charge in [-0.25, -0.2) is 13.1 Å². The topological polar surface area (TPSA) is 72.2 Å². The van der Waals surface area contributed by atoms with Crippen molar-refractivity contribution in [2.45, 2.75) is 44.0 Å². The minimum absolute atomic E-state index is 0.204. The summed E-state index contributed by atoms with van der Waals surface area (Å²) in [7, 11) is -3.51. The van der Waals surface area contributed by atoms with Gasteiger partial charge in [0.1, 0.15) is 0 Å². The highest BCUT2D eigenvalue weighted by molar-refractivity contribution is 9.10. The Morgan fingerprint density at radius 2 is 2.05 bits per heavy atom. The number of hydrogen-bond donors (Lipinski definition) is 2. The Bertz CT molecular complexity index is 497.